The molecule has 0 unspecified atom stereocenters. The van der Waals surface area contributed by atoms with Gasteiger partial charge in [-0.25, -0.2) is 4.98 Å². The Hall–Kier alpha value is -4.11. The van der Waals surface area contributed by atoms with Gasteiger partial charge in [-0.3, -0.25) is 14.9 Å². The highest BCUT2D eigenvalue weighted by Gasteiger charge is 2.17. The fourth-order valence-electron chi connectivity index (χ4n) is 4.31. The van der Waals surface area contributed by atoms with E-state index in [-0.39, 0.29) is 17.9 Å². The summed E-state index contributed by atoms with van der Waals surface area (Å²) in [5.74, 6) is 1.38. The summed E-state index contributed by atoms with van der Waals surface area (Å²) in [7, 11) is 0. The quantitative estimate of drug-likeness (QED) is 0.0725. The van der Waals surface area contributed by atoms with Gasteiger partial charge in [0.25, 0.3) is 11.2 Å². The maximum Gasteiger partial charge on any atom is 0.282 e. The third-order valence-electron chi connectivity index (χ3n) is 6.25. The Labute approximate surface area is 259 Å². The number of furan rings is 1. The van der Waals surface area contributed by atoms with Gasteiger partial charge in [-0.05, 0) is 92.7 Å². The summed E-state index contributed by atoms with van der Waals surface area (Å²) < 4.78 is 15.0. The molecule has 4 aromatic carbocycles. The number of nitro groups is 1. The zero-order chi connectivity index (χ0) is 28.5. The minimum atomic E-state index is -0.429. The molecule has 11 heteroatoms. The number of nitrogens with zero attached hydrogens (tertiary/aromatic N) is 4. The van der Waals surface area contributed by atoms with Crippen molar-refractivity contribution in [3.63, 3.8) is 0 Å². The van der Waals surface area contributed by atoms with Crippen LogP contribution in [0.2, 0.25) is 0 Å². The molecule has 0 saturated carbocycles. The predicted octanol–water partition coefficient (Wildman–Crippen LogP) is 7.39. The van der Waals surface area contributed by atoms with Crippen molar-refractivity contribution >= 4 is 79.0 Å². The molecule has 0 spiro atoms. The standard InChI is InChI=1S/C30H18I2N4O5/c31-23-13-19(14-24(32)28(23)40-17-18-6-5-8-21(12-18)36(38)39)16-33-35-29(27-15-20-7-1-4-11-26(20)41-27)34-25-10-3-2-9-22(25)30(35)37/h1-16H,17H2. The normalized spacial score (nSPS) is 11.5. The zero-order valence-electron chi connectivity index (χ0n) is 21.0. The summed E-state index contributed by atoms with van der Waals surface area (Å²) in [6, 6.07) is 26.7. The lowest BCUT2D eigenvalue weighted by Crippen LogP contribution is -2.20. The summed E-state index contributed by atoms with van der Waals surface area (Å²) in [6.07, 6.45) is 1.60. The number of fused-ring (bicyclic) bond motifs is 2. The van der Waals surface area contributed by atoms with Gasteiger partial charge < -0.3 is 9.15 Å². The molecule has 41 heavy (non-hydrogen) atoms. The first kappa shape index (κ1) is 27.1. The lowest BCUT2D eigenvalue weighted by atomic mass is 10.2. The van der Waals surface area contributed by atoms with E-state index in [9.17, 15) is 14.9 Å². The number of benzene rings is 4. The topological polar surface area (TPSA) is 113 Å². The van der Waals surface area contributed by atoms with Crippen LogP contribution in [-0.2, 0) is 6.61 Å². The number of halogens is 2. The molecule has 202 valence electrons. The molecule has 2 aromatic heterocycles. The molecule has 2 heterocycles. The van der Waals surface area contributed by atoms with E-state index < -0.39 is 4.92 Å². The van der Waals surface area contributed by atoms with E-state index >= 15 is 0 Å². The maximum absolute atomic E-state index is 13.5. The van der Waals surface area contributed by atoms with Gasteiger partial charge in [0.05, 0.1) is 29.2 Å². The summed E-state index contributed by atoms with van der Waals surface area (Å²) in [5.41, 5.74) is 2.37. The molecule has 6 rings (SSSR count). The SMILES string of the molecule is O=c1c2ccccc2nc(-c2cc3ccccc3o2)n1N=Cc1cc(I)c(OCc2cccc([N+](=O)[O-])c2)c(I)c1. The first-order chi connectivity index (χ1) is 19.9. The highest BCUT2D eigenvalue weighted by atomic mass is 127. The van der Waals surface area contributed by atoms with Gasteiger partial charge in [-0.1, -0.05) is 42.5 Å². The molecule has 0 aliphatic carbocycles. The lowest BCUT2D eigenvalue weighted by molar-refractivity contribution is -0.384. The van der Waals surface area contributed by atoms with E-state index in [2.05, 4.69) is 50.3 Å². The number of para-hydroxylation sites is 2. The molecular weight excluding hydrogens is 750 g/mol. The summed E-state index contributed by atoms with van der Waals surface area (Å²) in [6.45, 7) is 0.181. The first-order valence-corrected chi connectivity index (χ1v) is 14.4. The molecule has 9 nitrogen and oxygen atoms in total. The molecule has 0 aliphatic rings. The predicted molar refractivity (Wildman–Crippen MR) is 174 cm³/mol. The molecule has 6 aromatic rings. The van der Waals surface area contributed by atoms with Crippen LogP contribution in [0.4, 0.5) is 5.69 Å². The minimum absolute atomic E-state index is 0.0162. The van der Waals surface area contributed by atoms with E-state index in [4.69, 9.17) is 14.1 Å². The van der Waals surface area contributed by atoms with Crippen molar-refractivity contribution < 1.29 is 14.1 Å². The molecule has 0 N–H and O–H groups in total. The van der Waals surface area contributed by atoms with Crippen molar-refractivity contribution in [3.05, 3.63) is 130 Å². The number of rotatable bonds is 7. The van der Waals surface area contributed by atoms with E-state index in [0.717, 1.165) is 18.1 Å². The van der Waals surface area contributed by atoms with E-state index in [1.54, 1.807) is 36.5 Å². The average molecular weight is 768 g/mol. The molecule has 0 saturated heterocycles. The number of nitro benzene ring substituents is 1. The molecular formula is C30H18I2N4O5. The largest absolute Gasteiger partial charge is 0.487 e. The fraction of sp³-hybridized carbons (Fsp3) is 0.0333. The summed E-state index contributed by atoms with van der Waals surface area (Å²) in [4.78, 5) is 28.9. The van der Waals surface area contributed by atoms with Gasteiger partial charge in [-0.2, -0.15) is 9.78 Å². The third-order valence-corrected chi connectivity index (χ3v) is 7.85. The Morgan fingerprint density at radius 3 is 2.51 bits per heavy atom. The summed E-state index contributed by atoms with van der Waals surface area (Å²) >= 11 is 4.34. The average Bonchev–Trinajstić information content (AvgIpc) is 3.41. The summed E-state index contributed by atoms with van der Waals surface area (Å²) in [5, 5.41) is 17.0. The smallest absolute Gasteiger partial charge is 0.282 e. The fourth-order valence-corrected chi connectivity index (χ4v) is 6.44. The maximum atomic E-state index is 13.5. The molecule has 0 radical (unpaired) electrons. The monoisotopic (exact) mass is 768 g/mol. The van der Waals surface area contributed by atoms with Crippen LogP contribution < -0.4 is 10.3 Å². The minimum Gasteiger partial charge on any atom is -0.487 e. The van der Waals surface area contributed by atoms with Crippen molar-refractivity contribution in [2.75, 3.05) is 0 Å². The Morgan fingerprint density at radius 1 is 0.976 bits per heavy atom. The van der Waals surface area contributed by atoms with Crippen LogP contribution in [0.15, 0.2) is 105 Å². The van der Waals surface area contributed by atoms with Crippen LogP contribution in [0.25, 0.3) is 33.5 Å². The van der Waals surface area contributed by atoms with Crippen LogP contribution >= 0.6 is 45.2 Å². The van der Waals surface area contributed by atoms with Gasteiger partial charge in [0.15, 0.2) is 5.76 Å². The van der Waals surface area contributed by atoms with Gasteiger partial charge in [0.1, 0.15) is 17.9 Å². The van der Waals surface area contributed by atoms with Crippen LogP contribution in [0.1, 0.15) is 11.1 Å². The van der Waals surface area contributed by atoms with Gasteiger partial charge in [-0.15, -0.1) is 0 Å². The van der Waals surface area contributed by atoms with E-state index in [1.165, 1.54) is 16.8 Å². The highest BCUT2D eigenvalue weighted by molar-refractivity contribution is 14.1. The number of non-ortho nitro benzene ring substituents is 1. The van der Waals surface area contributed by atoms with Gasteiger partial charge in [0, 0.05) is 17.5 Å². The number of hydrogen-bond acceptors (Lipinski definition) is 7. The first-order valence-electron chi connectivity index (χ1n) is 12.3. The van der Waals surface area contributed by atoms with E-state index in [0.29, 0.717) is 39.4 Å². The van der Waals surface area contributed by atoms with Crippen molar-refractivity contribution in [3.8, 4) is 17.3 Å². The molecule has 0 bridgehead atoms. The molecule has 0 fully saturated rings. The Balaban J connectivity index is 1.34. The zero-order valence-corrected chi connectivity index (χ0v) is 25.3. The van der Waals surface area contributed by atoms with Crippen LogP contribution in [-0.4, -0.2) is 20.8 Å². The highest BCUT2D eigenvalue weighted by Crippen LogP contribution is 2.30. The van der Waals surface area contributed by atoms with Gasteiger partial charge >= 0.3 is 0 Å². The second-order valence-electron chi connectivity index (χ2n) is 8.99. The van der Waals surface area contributed by atoms with Crippen LogP contribution in [0, 0.1) is 17.3 Å². The third kappa shape index (κ3) is 5.59. The van der Waals surface area contributed by atoms with Crippen molar-refractivity contribution in [1.29, 1.82) is 0 Å². The molecule has 0 amide bonds. The number of ether oxygens (including phenoxy) is 1. The second kappa shape index (κ2) is 11.4. The van der Waals surface area contributed by atoms with Crippen LogP contribution in [0.3, 0.4) is 0 Å². The van der Waals surface area contributed by atoms with E-state index in [1.807, 2.05) is 48.5 Å². The second-order valence-corrected chi connectivity index (χ2v) is 11.3. The Morgan fingerprint density at radius 2 is 1.73 bits per heavy atom. The van der Waals surface area contributed by atoms with Crippen LogP contribution in [0.5, 0.6) is 5.75 Å². The Bertz CT molecular complexity index is 2000. The molecule has 0 aliphatic heterocycles. The lowest BCUT2D eigenvalue weighted by Gasteiger charge is -2.12. The van der Waals surface area contributed by atoms with Crippen molar-refractivity contribution in [1.82, 2.24) is 9.66 Å². The Kier molecular flexibility index (Phi) is 7.53. The van der Waals surface area contributed by atoms with Gasteiger partial charge in [0.2, 0.25) is 5.82 Å². The molecule has 0 atom stereocenters. The number of hydrogen-bond donors (Lipinski definition) is 0. The van der Waals surface area contributed by atoms with Crippen molar-refractivity contribution in [2.45, 2.75) is 6.61 Å². The van der Waals surface area contributed by atoms with Crippen molar-refractivity contribution in [2.24, 2.45) is 5.10 Å². The number of aromatic nitrogens is 2.